The van der Waals surface area contributed by atoms with E-state index in [0.717, 1.165) is 11.3 Å². The molecule has 112 valence electrons. The maximum Gasteiger partial charge on any atom is 0.322 e. The Morgan fingerprint density at radius 1 is 1.33 bits per heavy atom. The number of urea groups is 1. The first-order chi connectivity index (χ1) is 10.1. The van der Waals surface area contributed by atoms with Crippen LogP contribution in [-0.2, 0) is 16.0 Å². The number of carbonyl (C=O) groups is 3. The normalized spacial score (nSPS) is 17.1. The van der Waals surface area contributed by atoms with Crippen LogP contribution in [0.1, 0.15) is 12.0 Å². The molecular weight excluding hydrogens is 274 g/mol. The molecule has 1 saturated heterocycles. The lowest BCUT2D eigenvalue weighted by Gasteiger charge is -2.10. The van der Waals surface area contributed by atoms with Crippen LogP contribution in [0.5, 0.6) is 5.75 Å². The second-order valence-electron chi connectivity index (χ2n) is 4.63. The minimum absolute atomic E-state index is 0.0856. The lowest BCUT2D eigenvalue weighted by Crippen LogP contribution is -2.41. The summed E-state index contributed by atoms with van der Waals surface area (Å²) in [5.74, 6) is 0.132. The Morgan fingerprint density at radius 3 is 2.76 bits per heavy atom. The van der Waals surface area contributed by atoms with E-state index in [0.29, 0.717) is 6.42 Å². The molecule has 7 heteroatoms. The van der Waals surface area contributed by atoms with Gasteiger partial charge in [0.05, 0.1) is 7.11 Å². The van der Waals surface area contributed by atoms with Crippen molar-refractivity contribution in [2.45, 2.75) is 18.9 Å². The molecule has 1 aromatic rings. The van der Waals surface area contributed by atoms with Crippen LogP contribution in [0.3, 0.4) is 0 Å². The molecule has 1 heterocycles. The van der Waals surface area contributed by atoms with E-state index in [1.807, 2.05) is 24.3 Å². The van der Waals surface area contributed by atoms with Crippen LogP contribution in [0.2, 0.25) is 0 Å². The quantitative estimate of drug-likeness (QED) is 0.640. The van der Waals surface area contributed by atoms with Crippen LogP contribution in [-0.4, -0.2) is 37.5 Å². The van der Waals surface area contributed by atoms with Gasteiger partial charge in [0.15, 0.2) is 0 Å². The molecule has 2 rings (SSSR count). The van der Waals surface area contributed by atoms with Gasteiger partial charge in [-0.3, -0.25) is 14.9 Å². The molecule has 1 aliphatic rings. The second-order valence-corrected chi connectivity index (χ2v) is 4.63. The Balaban J connectivity index is 1.77. The number of benzene rings is 1. The fourth-order valence-electron chi connectivity index (χ4n) is 2.06. The number of nitrogens with one attached hydrogen (secondary N) is 3. The molecule has 0 aliphatic carbocycles. The number of carbonyl (C=O) groups excluding carboxylic acids is 3. The standard InChI is InChI=1S/C14H17N3O4/c1-21-11-5-3-2-4-9(11)6-7-12(18)15-8-10-13(19)17-14(20)16-10/h2-5,10H,6-8H2,1H3,(H,15,18)(H2,16,17,19,20). The summed E-state index contributed by atoms with van der Waals surface area (Å²) < 4.78 is 5.21. The molecular formula is C14H17N3O4. The van der Waals surface area contributed by atoms with Gasteiger partial charge in [-0.2, -0.15) is 0 Å². The van der Waals surface area contributed by atoms with Gasteiger partial charge < -0.3 is 15.4 Å². The summed E-state index contributed by atoms with van der Waals surface area (Å²) in [7, 11) is 1.58. The number of para-hydroxylation sites is 1. The van der Waals surface area contributed by atoms with Crippen molar-refractivity contribution in [2.24, 2.45) is 0 Å². The summed E-state index contributed by atoms with van der Waals surface area (Å²) in [6, 6.07) is 6.25. The summed E-state index contributed by atoms with van der Waals surface area (Å²) in [6.45, 7) is 0.0856. The maximum absolute atomic E-state index is 11.8. The molecule has 0 spiro atoms. The molecule has 0 radical (unpaired) electrons. The van der Waals surface area contributed by atoms with E-state index in [1.54, 1.807) is 7.11 Å². The molecule has 1 atom stereocenters. The monoisotopic (exact) mass is 291 g/mol. The van der Waals surface area contributed by atoms with Crippen LogP contribution in [0.15, 0.2) is 24.3 Å². The van der Waals surface area contributed by atoms with Gasteiger partial charge in [0, 0.05) is 13.0 Å². The highest BCUT2D eigenvalue weighted by atomic mass is 16.5. The number of aryl methyl sites for hydroxylation is 1. The largest absolute Gasteiger partial charge is 0.496 e. The van der Waals surface area contributed by atoms with Gasteiger partial charge in [-0.1, -0.05) is 18.2 Å². The van der Waals surface area contributed by atoms with Crippen molar-refractivity contribution in [1.29, 1.82) is 0 Å². The van der Waals surface area contributed by atoms with Crippen molar-refractivity contribution in [3.05, 3.63) is 29.8 Å². The van der Waals surface area contributed by atoms with Crippen LogP contribution in [0, 0.1) is 0 Å². The van der Waals surface area contributed by atoms with Crippen LogP contribution >= 0.6 is 0 Å². The van der Waals surface area contributed by atoms with Gasteiger partial charge in [-0.15, -0.1) is 0 Å². The van der Waals surface area contributed by atoms with E-state index < -0.39 is 18.0 Å². The van der Waals surface area contributed by atoms with Gasteiger partial charge >= 0.3 is 6.03 Å². The number of ether oxygens (including phenoxy) is 1. The number of hydrogen-bond donors (Lipinski definition) is 3. The first-order valence-electron chi connectivity index (χ1n) is 6.60. The molecule has 1 unspecified atom stereocenters. The van der Waals surface area contributed by atoms with Gasteiger partial charge in [0.25, 0.3) is 5.91 Å². The first-order valence-corrected chi connectivity index (χ1v) is 6.60. The molecule has 1 fully saturated rings. The van der Waals surface area contributed by atoms with Gasteiger partial charge in [-0.05, 0) is 18.1 Å². The van der Waals surface area contributed by atoms with Crippen LogP contribution in [0.25, 0.3) is 0 Å². The van der Waals surface area contributed by atoms with Crippen molar-refractivity contribution in [3.63, 3.8) is 0 Å². The minimum atomic E-state index is -0.701. The van der Waals surface area contributed by atoms with Crippen LogP contribution < -0.4 is 20.7 Å². The Kier molecular flexibility index (Phi) is 4.76. The second kappa shape index (κ2) is 6.74. The molecule has 21 heavy (non-hydrogen) atoms. The molecule has 1 aromatic carbocycles. The van der Waals surface area contributed by atoms with Crippen LogP contribution in [0.4, 0.5) is 4.79 Å². The Hall–Kier alpha value is -2.57. The van der Waals surface area contributed by atoms with Crippen molar-refractivity contribution in [2.75, 3.05) is 13.7 Å². The first kappa shape index (κ1) is 14.8. The molecule has 7 nitrogen and oxygen atoms in total. The van der Waals surface area contributed by atoms with E-state index in [-0.39, 0.29) is 18.9 Å². The highest BCUT2D eigenvalue weighted by molar-refractivity contribution is 6.04. The molecule has 1 aliphatic heterocycles. The van der Waals surface area contributed by atoms with E-state index in [1.165, 1.54) is 0 Å². The summed E-state index contributed by atoms with van der Waals surface area (Å²) in [5, 5.41) is 7.15. The molecule has 0 bridgehead atoms. The molecule has 4 amide bonds. The fraction of sp³-hybridized carbons (Fsp3) is 0.357. The highest BCUT2D eigenvalue weighted by Gasteiger charge is 2.29. The highest BCUT2D eigenvalue weighted by Crippen LogP contribution is 2.18. The zero-order chi connectivity index (χ0) is 15.2. The number of imide groups is 1. The number of methoxy groups -OCH3 is 1. The predicted octanol–water partition coefficient (Wildman–Crippen LogP) is -0.0480. The zero-order valence-corrected chi connectivity index (χ0v) is 11.6. The predicted molar refractivity (Wildman–Crippen MR) is 74.8 cm³/mol. The topological polar surface area (TPSA) is 96.5 Å². The minimum Gasteiger partial charge on any atom is -0.496 e. The number of rotatable bonds is 6. The lowest BCUT2D eigenvalue weighted by molar-refractivity contribution is -0.122. The number of amides is 4. The van der Waals surface area contributed by atoms with Crippen molar-refractivity contribution in [3.8, 4) is 5.75 Å². The van der Waals surface area contributed by atoms with E-state index in [9.17, 15) is 14.4 Å². The van der Waals surface area contributed by atoms with E-state index >= 15 is 0 Å². The zero-order valence-electron chi connectivity index (χ0n) is 11.6. The van der Waals surface area contributed by atoms with Gasteiger partial charge in [0.2, 0.25) is 5.91 Å². The Labute approximate surface area is 122 Å². The summed E-state index contributed by atoms with van der Waals surface area (Å²) >= 11 is 0. The SMILES string of the molecule is COc1ccccc1CCC(=O)NCC1NC(=O)NC1=O. The van der Waals surface area contributed by atoms with E-state index in [4.69, 9.17) is 4.74 Å². The van der Waals surface area contributed by atoms with Crippen molar-refractivity contribution in [1.82, 2.24) is 16.0 Å². The van der Waals surface area contributed by atoms with Gasteiger partial charge in [0.1, 0.15) is 11.8 Å². The van der Waals surface area contributed by atoms with Crippen molar-refractivity contribution >= 4 is 17.8 Å². The summed E-state index contributed by atoms with van der Waals surface area (Å²) in [4.78, 5) is 34.0. The third-order valence-corrected chi connectivity index (χ3v) is 3.18. The van der Waals surface area contributed by atoms with Gasteiger partial charge in [-0.25, -0.2) is 4.79 Å². The Bertz CT molecular complexity index is 559. The molecule has 0 aromatic heterocycles. The molecule has 0 saturated carbocycles. The average molecular weight is 291 g/mol. The van der Waals surface area contributed by atoms with E-state index in [2.05, 4.69) is 16.0 Å². The Morgan fingerprint density at radius 2 is 2.10 bits per heavy atom. The smallest absolute Gasteiger partial charge is 0.322 e. The van der Waals surface area contributed by atoms with Crippen molar-refractivity contribution < 1.29 is 19.1 Å². The molecule has 3 N–H and O–H groups in total. The fourth-order valence-corrected chi connectivity index (χ4v) is 2.06. The third-order valence-electron chi connectivity index (χ3n) is 3.18. The number of hydrogen-bond acceptors (Lipinski definition) is 4. The lowest BCUT2D eigenvalue weighted by atomic mass is 10.1. The average Bonchev–Trinajstić information content (AvgIpc) is 2.81. The maximum atomic E-state index is 11.8. The summed E-state index contributed by atoms with van der Waals surface area (Å²) in [5.41, 5.74) is 0.946. The summed E-state index contributed by atoms with van der Waals surface area (Å²) in [6.07, 6.45) is 0.821. The third kappa shape index (κ3) is 3.95.